The van der Waals surface area contributed by atoms with E-state index < -0.39 is 10.9 Å². The van der Waals surface area contributed by atoms with Crippen LogP contribution in [0.2, 0.25) is 0 Å². The molecule has 1 aromatic carbocycles. The zero-order chi connectivity index (χ0) is 13.4. The van der Waals surface area contributed by atoms with Gasteiger partial charge in [0.1, 0.15) is 6.10 Å². The summed E-state index contributed by atoms with van der Waals surface area (Å²) in [6, 6.07) is 5.43. The minimum absolute atomic E-state index is 0.0409. The molecule has 5 nitrogen and oxygen atoms in total. The number of carbonyl (C=O) groups is 1. The average molecular weight is 257 g/mol. The molecule has 2 bridgehead atoms. The molecule has 1 aromatic rings. The van der Waals surface area contributed by atoms with Crippen LogP contribution in [-0.4, -0.2) is 17.0 Å². The van der Waals surface area contributed by atoms with Gasteiger partial charge in [0.15, 0.2) is 0 Å². The molecule has 0 unspecified atom stereocenters. The fourth-order valence-electron chi connectivity index (χ4n) is 2.40. The molecule has 96 valence electrons. The minimum Gasteiger partial charge on any atom is -0.457 e. The highest BCUT2D eigenvalue weighted by Crippen LogP contribution is 2.35. The number of nitrogens with zero attached hydrogens (tertiary/aromatic N) is 1. The molecule has 0 N–H and O–H groups in total. The van der Waals surface area contributed by atoms with Crippen molar-refractivity contribution < 1.29 is 14.5 Å². The van der Waals surface area contributed by atoms with Crippen molar-refractivity contribution in [3.8, 4) is 0 Å². The largest absolute Gasteiger partial charge is 0.457 e. The predicted molar refractivity (Wildman–Crippen MR) is 67.6 cm³/mol. The molecular weight excluding hydrogens is 246 g/mol. The Morgan fingerprint density at radius 3 is 2.05 bits per heavy atom. The molecule has 2 aliphatic carbocycles. The smallest absolute Gasteiger partial charge is 0.338 e. The number of esters is 1. The number of carbonyl (C=O) groups excluding carboxylic acids is 1. The van der Waals surface area contributed by atoms with Gasteiger partial charge in [-0.1, -0.05) is 24.3 Å². The van der Waals surface area contributed by atoms with Crippen LogP contribution in [0.25, 0.3) is 0 Å². The fourth-order valence-corrected chi connectivity index (χ4v) is 2.40. The molecule has 0 radical (unpaired) electrons. The van der Waals surface area contributed by atoms with E-state index in [2.05, 4.69) is 0 Å². The van der Waals surface area contributed by atoms with E-state index in [-0.39, 0.29) is 23.6 Å². The number of nitro benzene ring substituents is 1. The van der Waals surface area contributed by atoms with Crippen LogP contribution in [0.3, 0.4) is 0 Å². The summed E-state index contributed by atoms with van der Waals surface area (Å²) in [4.78, 5) is 22.0. The van der Waals surface area contributed by atoms with Gasteiger partial charge in [-0.15, -0.1) is 0 Å². The van der Waals surface area contributed by atoms with E-state index in [9.17, 15) is 14.9 Å². The molecule has 0 aliphatic heterocycles. The van der Waals surface area contributed by atoms with Crippen molar-refractivity contribution in [2.24, 2.45) is 11.8 Å². The Kier molecular flexibility index (Phi) is 2.67. The van der Waals surface area contributed by atoms with Gasteiger partial charge in [0.2, 0.25) is 0 Å². The summed E-state index contributed by atoms with van der Waals surface area (Å²) >= 11 is 0. The van der Waals surface area contributed by atoms with E-state index in [1.807, 2.05) is 24.3 Å². The Morgan fingerprint density at radius 1 is 1.05 bits per heavy atom. The number of benzene rings is 1. The van der Waals surface area contributed by atoms with Gasteiger partial charge in [-0.25, -0.2) is 4.79 Å². The molecule has 0 fully saturated rings. The molecule has 0 amide bonds. The van der Waals surface area contributed by atoms with E-state index in [0.29, 0.717) is 5.56 Å². The topological polar surface area (TPSA) is 69.4 Å². The molecule has 0 heterocycles. The fraction of sp³-hybridized carbons (Fsp3) is 0.214. The lowest BCUT2D eigenvalue weighted by molar-refractivity contribution is -0.384. The molecule has 3 rings (SSSR count). The quantitative estimate of drug-likeness (QED) is 0.361. The Bertz CT molecular complexity index is 558. The summed E-state index contributed by atoms with van der Waals surface area (Å²) in [5.74, 6) is -0.124. The molecular formula is C14H11NO4. The lowest BCUT2D eigenvalue weighted by Crippen LogP contribution is -2.23. The Balaban J connectivity index is 1.69. The molecule has 0 saturated carbocycles. The molecule has 0 saturated heterocycles. The second kappa shape index (κ2) is 4.35. The summed E-state index contributed by atoms with van der Waals surface area (Å²) in [6.07, 6.45) is 7.94. The van der Waals surface area contributed by atoms with Crippen LogP contribution in [0, 0.1) is 22.0 Å². The van der Waals surface area contributed by atoms with Crippen LogP contribution in [0.5, 0.6) is 0 Å². The van der Waals surface area contributed by atoms with Gasteiger partial charge in [0.25, 0.3) is 5.69 Å². The van der Waals surface area contributed by atoms with E-state index in [1.165, 1.54) is 24.3 Å². The number of non-ortho nitro benzene ring substituents is 1. The molecule has 0 atom stereocenters. The van der Waals surface area contributed by atoms with Crippen LogP contribution >= 0.6 is 0 Å². The van der Waals surface area contributed by atoms with Gasteiger partial charge in [-0.2, -0.15) is 0 Å². The van der Waals surface area contributed by atoms with E-state index in [4.69, 9.17) is 4.74 Å². The summed E-state index contributed by atoms with van der Waals surface area (Å²) in [5.41, 5.74) is 0.290. The third-order valence-corrected chi connectivity index (χ3v) is 3.43. The first kappa shape index (κ1) is 11.6. The van der Waals surface area contributed by atoms with Gasteiger partial charge in [0, 0.05) is 24.0 Å². The van der Waals surface area contributed by atoms with E-state index in [1.54, 1.807) is 0 Å². The highest BCUT2D eigenvalue weighted by Gasteiger charge is 2.36. The van der Waals surface area contributed by atoms with Crippen LogP contribution < -0.4 is 0 Å². The van der Waals surface area contributed by atoms with Crippen molar-refractivity contribution in [2.75, 3.05) is 0 Å². The van der Waals surface area contributed by atoms with Crippen molar-refractivity contribution in [3.63, 3.8) is 0 Å². The first-order valence-electron chi connectivity index (χ1n) is 5.97. The third kappa shape index (κ3) is 2.03. The second-order valence-corrected chi connectivity index (χ2v) is 4.60. The van der Waals surface area contributed by atoms with Gasteiger partial charge in [0.05, 0.1) is 10.5 Å². The standard InChI is InChI=1S/C14H11NO4/c16-14(11-5-7-12(8-6-11)15(17)18)19-13-9-1-2-10(13)4-3-9/h1-10,13H. The van der Waals surface area contributed by atoms with Crippen LogP contribution in [0.1, 0.15) is 10.4 Å². The molecule has 0 aromatic heterocycles. The Labute approximate surface area is 109 Å². The summed E-state index contributed by atoms with van der Waals surface area (Å²) in [7, 11) is 0. The molecule has 5 heteroatoms. The van der Waals surface area contributed by atoms with E-state index in [0.717, 1.165) is 0 Å². The predicted octanol–water partition coefficient (Wildman–Crippen LogP) is 2.49. The Hall–Kier alpha value is -2.43. The van der Waals surface area contributed by atoms with Crippen molar-refractivity contribution in [3.05, 3.63) is 64.2 Å². The number of hydrogen-bond acceptors (Lipinski definition) is 4. The zero-order valence-corrected chi connectivity index (χ0v) is 9.93. The van der Waals surface area contributed by atoms with Crippen molar-refractivity contribution >= 4 is 11.7 Å². The highest BCUT2D eigenvalue weighted by molar-refractivity contribution is 5.89. The van der Waals surface area contributed by atoms with Gasteiger partial charge in [-0.3, -0.25) is 10.1 Å². The lowest BCUT2D eigenvalue weighted by atomic mass is 10.1. The maximum absolute atomic E-state index is 12.0. The number of hydrogen-bond donors (Lipinski definition) is 0. The van der Waals surface area contributed by atoms with Crippen molar-refractivity contribution in [1.82, 2.24) is 0 Å². The molecule has 0 spiro atoms. The summed E-state index contributed by atoms with van der Waals surface area (Å²) < 4.78 is 5.45. The highest BCUT2D eigenvalue weighted by atomic mass is 16.6. The first-order valence-corrected chi connectivity index (χ1v) is 5.97. The van der Waals surface area contributed by atoms with Crippen LogP contribution in [0.4, 0.5) is 5.69 Å². The average Bonchev–Trinajstić information content (AvgIpc) is 2.98. The molecule has 2 aliphatic rings. The SMILES string of the molecule is O=C(OC1C2C=CC1C=C2)c1ccc([N+](=O)[O-])cc1. The van der Waals surface area contributed by atoms with Gasteiger partial charge in [-0.05, 0) is 12.1 Å². The zero-order valence-electron chi connectivity index (χ0n) is 9.93. The summed E-state index contributed by atoms with van der Waals surface area (Å²) in [6.45, 7) is 0. The van der Waals surface area contributed by atoms with Gasteiger partial charge >= 0.3 is 5.97 Å². The van der Waals surface area contributed by atoms with Crippen molar-refractivity contribution in [2.45, 2.75) is 6.10 Å². The number of fused-ring (bicyclic) bond motifs is 2. The van der Waals surface area contributed by atoms with E-state index >= 15 is 0 Å². The van der Waals surface area contributed by atoms with Gasteiger partial charge < -0.3 is 4.74 Å². The maximum atomic E-state index is 12.0. The lowest BCUT2D eigenvalue weighted by Gasteiger charge is -2.17. The number of ether oxygens (including phenoxy) is 1. The summed E-state index contributed by atoms with van der Waals surface area (Å²) in [5, 5.41) is 10.5. The maximum Gasteiger partial charge on any atom is 0.338 e. The monoisotopic (exact) mass is 257 g/mol. The first-order chi connectivity index (χ1) is 9.15. The van der Waals surface area contributed by atoms with Crippen LogP contribution in [-0.2, 0) is 4.74 Å². The number of rotatable bonds is 3. The molecule has 19 heavy (non-hydrogen) atoms. The minimum atomic E-state index is -0.500. The van der Waals surface area contributed by atoms with Crippen LogP contribution in [0.15, 0.2) is 48.6 Å². The second-order valence-electron chi connectivity index (χ2n) is 4.60. The Morgan fingerprint density at radius 2 is 1.58 bits per heavy atom. The normalized spacial score (nSPS) is 26.6. The third-order valence-electron chi connectivity index (χ3n) is 3.43. The number of nitro groups is 1. The van der Waals surface area contributed by atoms with Crippen molar-refractivity contribution in [1.29, 1.82) is 0 Å².